The van der Waals surface area contributed by atoms with Crippen molar-refractivity contribution in [3.05, 3.63) is 23.0 Å². The van der Waals surface area contributed by atoms with E-state index < -0.39 is 5.97 Å². The molecule has 0 aliphatic heterocycles. The molecule has 1 aromatic rings. The summed E-state index contributed by atoms with van der Waals surface area (Å²) in [7, 11) is 3.97. The van der Waals surface area contributed by atoms with Crippen molar-refractivity contribution in [2.75, 3.05) is 20.6 Å². The van der Waals surface area contributed by atoms with Crippen LogP contribution in [0.4, 0.5) is 0 Å². The molecule has 0 aliphatic rings. The van der Waals surface area contributed by atoms with Crippen molar-refractivity contribution in [2.24, 2.45) is 0 Å². The summed E-state index contributed by atoms with van der Waals surface area (Å²) < 4.78 is 2.28. The molecule has 1 unspecified atom stereocenters. The van der Waals surface area contributed by atoms with Gasteiger partial charge in [-0.3, -0.25) is 4.79 Å². The zero-order chi connectivity index (χ0) is 14.7. The van der Waals surface area contributed by atoms with E-state index in [2.05, 4.69) is 43.2 Å². The third-order valence-corrected chi connectivity index (χ3v) is 3.49. The Balaban J connectivity index is 3.15. The molecule has 1 aromatic heterocycles. The van der Waals surface area contributed by atoms with Gasteiger partial charge in [0, 0.05) is 29.9 Å². The SMILES string of the molecule is Cc1cc(C(CC(=O)O)CN(C)C)c(C)n1C(C)C. The average molecular weight is 266 g/mol. The van der Waals surface area contributed by atoms with Gasteiger partial charge in [-0.1, -0.05) is 0 Å². The van der Waals surface area contributed by atoms with Crippen molar-refractivity contribution in [2.45, 2.75) is 46.1 Å². The van der Waals surface area contributed by atoms with E-state index in [1.54, 1.807) is 0 Å². The van der Waals surface area contributed by atoms with E-state index >= 15 is 0 Å². The van der Waals surface area contributed by atoms with E-state index in [1.165, 1.54) is 17.0 Å². The lowest BCUT2D eigenvalue weighted by Gasteiger charge is -2.21. The number of aromatic nitrogens is 1. The number of hydrogen-bond donors (Lipinski definition) is 1. The van der Waals surface area contributed by atoms with E-state index in [-0.39, 0.29) is 12.3 Å². The van der Waals surface area contributed by atoms with Gasteiger partial charge >= 0.3 is 5.97 Å². The third-order valence-electron chi connectivity index (χ3n) is 3.49. The Morgan fingerprint density at radius 3 is 2.32 bits per heavy atom. The molecule has 0 saturated heterocycles. The molecular weight excluding hydrogens is 240 g/mol. The molecule has 1 heterocycles. The van der Waals surface area contributed by atoms with Gasteiger partial charge in [-0.25, -0.2) is 0 Å². The van der Waals surface area contributed by atoms with E-state index in [4.69, 9.17) is 5.11 Å². The van der Waals surface area contributed by atoms with Crippen molar-refractivity contribution in [1.29, 1.82) is 0 Å². The quantitative estimate of drug-likeness (QED) is 0.861. The number of nitrogens with zero attached hydrogens (tertiary/aromatic N) is 2. The largest absolute Gasteiger partial charge is 0.481 e. The summed E-state index contributed by atoms with van der Waals surface area (Å²) in [6.07, 6.45) is 0.181. The highest BCUT2D eigenvalue weighted by atomic mass is 16.4. The minimum Gasteiger partial charge on any atom is -0.481 e. The number of aliphatic carboxylic acids is 1. The first-order chi connectivity index (χ1) is 8.73. The summed E-state index contributed by atoms with van der Waals surface area (Å²) in [5.74, 6) is -0.688. The Bertz CT molecular complexity index is 447. The fraction of sp³-hybridized carbons (Fsp3) is 0.667. The Labute approximate surface area is 116 Å². The number of likely N-dealkylation sites (N-methyl/N-ethyl adjacent to an activating group) is 1. The molecule has 0 saturated carbocycles. The Morgan fingerprint density at radius 2 is 1.95 bits per heavy atom. The molecule has 4 nitrogen and oxygen atoms in total. The molecule has 1 atom stereocenters. The van der Waals surface area contributed by atoms with E-state index in [0.29, 0.717) is 6.04 Å². The van der Waals surface area contributed by atoms with Crippen LogP contribution in [0.5, 0.6) is 0 Å². The number of carboxylic acids is 1. The van der Waals surface area contributed by atoms with Gasteiger partial charge in [0.1, 0.15) is 0 Å². The molecule has 0 bridgehead atoms. The van der Waals surface area contributed by atoms with Crippen LogP contribution in [0.15, 0.2) is 6.07 Å². The minimum absolute atomic E-state index is 0.0474. The van der Waals surface area contributed by atoms with Gasteiger partial charge in [0.15, 0.2) is 0 Å². The topological polar surface area (TPSA) is 45.5 Å². The van der Waals surface area contributed by atoms with Crippen LogP contribution < -0.4 is 0 Å². The smallest absolute Gasteiger partial charge is 0.304 e. The van der Waals surface area contributed by atoms with E-state index in [9.17, 15) is 4.79 Å². The molecule has 0 radical (unpaired) electrons. The zero-order valence-corrected chi connectivity index (χ0v) is 12.9. The summed E-state index contributed by atoms with van der Waals surface area (Å²) in [4.78, 5) is 13.1. The highest BCUT2D eigenvalue weighted by molar-refractivity contribution is 5.68. The van der Waals surface area contributed by atoms with Gasteiger partial charge in [0.05, 0.1) is 6.42 Å². The summed E-state index contributed by atoms with van der Waals surface area (Å²) in [5.41, 5.74) is 3.57. The predicted molar refractivity (Wildman–Crippen MR) is 77.8 cm³/mol. The first-order valence-electron chi connectivity index (χ1n) is 6.78. The number of carbonyl (C=O) groups is 1. The third kappa shape index (κ3) is 3.83. The molecule has 19 heavy (non-hydrogen) atoms. The molecular formula is C15H26N2O2. The zero-order valence-electron chi connectivity index (χ0n) is 12.9. The second-order valence-electron chi connectivity index (χ2n) is 5.85. The monoisotopic (exact) mass is 266 g/mol. The predicted octanol–water partition coefficient (Wildman–Crippen LogP) is 2.81. The number of aryl methyl sites for hydroxylation is 1. The van der Waals surface area contributed by atoms with Crippen LogP contribution in [0.3, 0.4) is 0 Å². The van der Waals surface area contributed by atoms with Crippen LogP contribution in [-0.2, 0) is 4.79 Å². The Morgan fingerprint density at radius 1 is 1.37 bits per heavy atom. The maximum atomic E-state index is 11.1. The second-order valence-corrected chi connectivity index (χ2v) is 5.85. The first-order valence-corrected chi connectivity index (χ1v) is 6.78. The normalized spacial score (nSPS) is 13.3. The standard InChI is InChI=1S/C15H26N2O2/c1-10(2)17-11(3)7-14(12(17)4)13(8-15(18)19)9-16(5)6/h7,10,13H,8-9H2,1-6H3,(H,18,19). The lowest BCUT2D eigenvalue weighted by Crippen LogP contribution is -2.23. The van der Waals surface area contributed by atoms with Crippen LogP contribution in [0.2, 0.25) is 0 Å². The molecule has 0 spiro atoms. The minimum atomic E-state index is -0.735. The molecule has 1 rings (SSSR count). The fourth-order valence-electron chi connectivity index (χ4n) is 2.93. The van der Waals surface area contributed by atoms with Crippen LogP contribution in [-0.4, -0.2) is 41.2 Å². The van der Waals surface area contributed by atoms with Crippen LogP contribution in [0, 0.1) is 13.8 Å². The van der Waals surface area contributed by atoms with Crippen LogP contribution in [0.1, 0.15) is 49.2 Å². The van der Waals surface area contributed by atoms with Gasteiger partial charge < -0.3 is 14.6 Å². The van der Waals surface area contributed by atoms with E-state index in [1.807, 2.05) is 14.1 Å². The number of hydrogen-bond acceptors (Lipinski definition) is 2. The van der Waals surface area contributed by atoms with Crippen LogP contribution >= 0.6 is 0 Å². The molecule has 108 valence electrons. The summed E-state index contributed by atoms with van der Waals surface area (Å²) >= 11 is 0. The van der Waals surface area contributed by atoms with Crippen molar-refractivity contribution in [3.63, 3.8) is 0 Å². The van der Waals surface area contributed by atoms with Crippen molar-refractivity contribution in [3.8, 4) is 0 Å². The lowest BCUT2D eigenvalue weighted by molar-refractivity contribution is -0.137. The molecule has 4 heteroatoms. The molecule has 0 aliphatic carbocycles. The van der Waals surface area contributed by atoms with Gasteiger partial charge in [0.25, 0.3) is 0 Å². The van der Waals surface area contributed by atoms with Gasteiger partial charge in [-0.2, -0.15) is 0 Å². The second kappa shape index (κ2) is 6.24. The maximum absolute atomic E-state index is 11.1. The fourth-order valence-corrected chi connectivity index (χ4v) is 2.93. The average Bonchev–Trinajstić information content (AvgIpc) is 2.51. The molecule has 0 fully saturated rings. The number of rotatable bonds is 6. The summed E-state index contributed by atoms with van der Waals surface area (Å²) in [6.45, 7) is 9.25. The molecule has 0 aromatic carbocycles. The van der Waals surface area contributed by atoms with Crippen molar-refractivity contribution in [1.82, 2.24) is 9.47 Å². The van der Waals surface area contributed by atoms with Gasteiger partial charge in [-0.15, -0.1) is 0 Å². The molecule has 0 amide bonds. The summed E-state index contributed by atoms with van der Waals surface area (Å²) in [5, 5.41) is 9.11. The van der Waals surface area contributed by atoms with Gasteiger partial charge in [0.2, 0.25) is 0 Å². The summed E-state index contributed by atoms with van der Waals surface area (Å²) in [6, 6.07) is 2.55. The van der Waals surface area contributed by atoms with Crippen molar-refractivity contribution < 1.29 is 9.90 Å². The van der Waals surface area contributed by atoms with Gasteiger partial charge in [-0.05, 0) is 53.4 Å². The first kappa shape index (κ1) is 15.8. The van der Waals surface area contributed by atoms with Crippen LogP contribution in [0.25, 0.3) is 0 Å². The highest BCUT2D eigenvalue weighted by Crippen LogP contribution is 2.29. The maximum Gasteiger partial charge on any atom is 0.304 e. The number of carboxylic acid groups (broad SMARTS) is 1. The molecule has 1 N–H and O–H groups in total. The Kier molecular flexibility index (Phi) is 5.18. The van der Waals surface area contributed by atoms with Crippen molar-refractivity contribution >= 4 is 5.97 Å². The Hall–Kier alpha value is -1.29. The highest BCUT2D eigenvalue weighted by Gasteiger charge is 2.22. The van der Waals surface area contributed by atoms with E-state index in [0.717, 1.165) is 6.54 Å². The lowest BCUT2D eigenvalue weighted by atomic mass is 9.95.